The van der Waals surface area contributed by atoms with Gasteiger partial charge in [-0.15, -0.1) is 0 Å². The lowest BCUT2D eigenvalue weighted by molar-refractivity contribution is -0.121. The minimum atomic E-state index is -3.32. The quantitative estimate of drug-likeness (QED) is 0.302. The van der Waals surface area contributed by atoms with Crippen LogP contribution in [0.4, 0.5) is 5.69 Å². The Hall–Kier alpha value is -3.95. The first-order valence-corrected chi connectivity index (χ1v) is 12.7. The molecular formula is C28H25N2O3P. The third-order valence-corrected chi connectivity index (χ3v) is 8.65. The van der Waals surface area contributed by atoms with Crippen molar-refractivity contribution in [2.24, 2.45) is 0 Å². The zero-order valence-corrected chi connectivity index (χ0v) is 19.5. The molecule has 0 bridgehead atoms. The molecule has 4 rings (SSSR count). The van der Waals surface area contributed by atoms with Crippen LogP contribution in [-0.4, -0.2) is 18.9 Å². The number of benzene rings is 4. The van der Waals surface area contributed by atoms with Gasteiger partial charge >= 0.3 is 0 Å². The highest BCUT2D eigenvalue weighted by atomic mass is 31.2. The van der Waals surface area contributed by atoms with Gasteiger partial charge in [-0.2, -0.15) is 0 Å². The largest absolute Gasteiger partial charge is 0.350 e. The Bertz CT molecular complexity index is 1250. The third kappa shape index (κ3) is 5.00. The Morgan fingerprint density at radius 2 is 1.24 bits per heavy atom. The van der Waals surface area contributed by atoms with Gasteiger partial charge < -0.3 is 14.8 Å². The lowest BCUT2D eigenvalue weighted by Crippen LogP contribution is -2.39. The number of hydrogen-bond donors (Lipinski definition) is 1. The maximum absolute atomic E-state index is 14.8. The lowest BCUT2D eigenvalue weighted by atomic mass is 10.2. The average molecular weight is 468 g/mol. The molecule has 0 aliphatic heterocycles. The molecule has 34 heavy (non-hydrogen) atoms. The van der Waals surface area contributed by atoms with Gasteiger partial charge in [0.15, 0.2) is 7.14 Å². The van der Waals surface area contributed by atoms with Crippen LogP contribution in [0.3, 0.4) is 0 Å². The second-order valence-corrected chi connectivity index (χ2v) is 10.5. The smallest absolute Gasteiger partial charge is 0.240 e. The van der Waals surface area contributed by atoms with Crippen LogP contribution >= 0.6 is 7.14 Å². The van der Waals surface area contributed by atoms with Crippen molar-refractivity contribution in [3.63, 3.8) is 0 Å². The molecule has 0 saturated heterocycles. The standard InChI is InChI=1S/C28H25N2O3P/c31-22-30(21-28(32)29-20-23-12-4-1-5-13-23)26-18-10-11-19-27(26)34(33,24-14-6-2-7-15-24)25-16-8-3-9-17-25/h1-19,22H,20-21H2,(H,29,32). The Kier molecular flexibility index (Phi) is 7.36. The summed E-state index contributed by atoms with van der Waals surface area (Å²) >= 11 is 0. The molecule has 5 nitrogen and oxygen atoms in total. The highest BCUT2D eigenvalue weighted by Gasteiger charge is 2.33. The Morgan fingerprint density at radius 3 is 1.79 bits per heavy atom. The van der Waals surface area contributed by atoms with Crippen molar-refractivity contribution < 1.29 is 14.2 Å². The number of hydrogen-bond acceptors (Lipinski definition) is 3. The van der Waals surface area contributed by atoms with Crippen molar-refractivity contribution in [1.29, 1.82) is 0 Å². The van der Waals surface area contributed by atoms with Crippen molar-refractivity contribution in [3.05, 3.63) is 121 Å². The molecule has 0 aliphatic rings. The average Bonchev–Trinajstić information content (AvgIpc) is 2.91. The van der Waals surface area contributed by atoms with Gasteiger partial charge in [0.2, 0.25) is 12.3 Å². The van der Waals surface area contributed by atoms with E-state index in [1.165, 1.54) is 4.90 Å². The molecule has 0 saturated carbocycles. The second-order valence-electron chi connectivity index (χ2n) is 7.76. The van der Waals surface area contributed by atoms with E-state index in [0.717, 1.165) is 5.56 Å². The minimum absolute atomic E-state index is 0.184. The van der Waals surface area contributed by atoms with E-state index in [9.17, 15) is 14.2 Å². The van der Waals surface area contributed by atoms with Crippen LogP contribution in [0, 0.1) is 0 Å². The normalized spacial score (nSPS) is 10.9. The molecule has 0 aromatic heterocycles. The van der Waals surface area contributed by atoms with Gasteiger partial charge in [0.05, 0.1) is 5.69 Å². The molecule has 0 heterocycles. The van der Waals surface area contributed by atoms with E-state index in [2.05, 4.69) is 5.32 Å². The van der Waals surface area contributed by atoms with Crippen LogP contribution in [0.2, 0.25) is 0 Å². The van der Waals surface area contributed by atoms with Gasteiger partial charge in [-0.1, -0.05) is 103 Å². The molecule has 0 radical (unpaired) electrons. The Labute approximate surface area is 199 Å². The van der Waals surface area contributed by atoms with Crippen molar-refractivity contribution in [3.8, 4) is 0 Å². The minimum Gasteiger partial charge on any atom is -0.350 e. The van der Waals surface area contributed by atoms with Crippen molar-refractivity contribution in [2.75, 3.05) is 11.4 Å². The van der Waals surface area contributed by atoms with Crippen molar-refractivity contribution in [2.45, 2.75) is 6.54 Å². The summed E-state index contributed by atoms with van der Waals surface area (Å²) in [5.41, 5.74) is 1.41. The molecule has 6 heteroatoms. The number of para-hydroxylation sites is 1. The maximum atomic E-state index is 14.8. The van der Waals surface area contributed by atoms with Gasteiger partial charge in [0.25, 0.3) is 0 Å². The number of nitrogens with zero attached hydrogens (tertiary/aromatic N) is 1. The fourth-order valence-corrected chi connectivity index (χ4v) is 6.72. The predicted octanol–water partition coefficient (Wildman–Crippen LogP) is 3.61. The summed E-state index contributed by atoms with van der Waals surface area (Å²) in [7, 11) is -3.32. The summed E-state index contributed by atoms with van der Waals surface area (Å²) in [5.74, 6) is -0.306. The summed E-state index contributed by atoms with van der Waals surface area (Å²) < 4.78 is 14.8. The van der Waals surface area contributed by atoms with Crippen LogP contribution in [-0.2, 0) is 20.7 Å². The number of nitrogens with one attached hydrogen (secondary N) is 1. The number of rotatable bonds is 9. The summed E-state index contributed by atoms with van der Waals surface area (Å²) in [6.07, 6.45) is 0.612. The van der Waals surface area contributed by atoms with E-state index in [0.29, 0.717) is 34.6 Å². The van der Waals surface area contributed by atoms with Crippen LogP contribution < -0.4 is 26.1 Å². The van der Waals surface area contributed by atoms with E-state index >= 15 is 0 Å². The third-order valence-electron chi connectivity index (χ3n) is 5.54. The SMILES string of the molecule is O=CN(CC(=O)NCc1ccccc1)c1ccccc1P(=O)(c1ccccc1)c1ccccc1. The van der Waals surface area contributed by atoms with Gasteiger partial charge in [-0.25, -0.2) is 0 Å². The van der Waals surface area contributed by atoms with Crippen LogP contribution in [0.25, 0.3) is 0 Å². The monoisotopic (exact) mass is 468 g/mol. The fraction of sp³-hybridized carbons (Fsp3) is 0.0714. The highest BCUT2D eigenvalue weighted by Crippen LogP contribution is 2.44. The molecule has 0 fully saturated rings. The van der Waals surface area contributed by atoms with E-state index < -0.39 is 7.14 Å². The summed E-state index contributed by atoms with van der Waals surface area (Å²) in [6, 6.07) is 35.1. The predicted molar refractivity (Wildman–Crippen MR) is 138 cm³/mol. The van der Waals surface area contributed by atoms with Crippen LogP contribution in [0.5, 0.6) is 0 Å². The van der Waals surface area contributed by atoms with E-state index in [-0.39, 0.29) is 12.5 Å². The van der Waals surface area contributed by atoms with Gasteiger partial charge in [-0.05, 0) is 17.7 Å². The number of carbonyl (C=O) groups is 2. The highest BCUT2D eigenvalue weighted by molar-refractivity contribution is 7.85. The molecule has 0 atom stereocenters. The van der Waals surface area contributed by atoms with Gasteiger partial charge in [0.1, 0.15) is 6.54 Å². The van der Waals surface area contributed by atoms with Gasteiger partial charge in [0, 0.05) is 22.5 Å². The van der Waals surface area contributed by atoms with E-state index in [4.69, 9.17) is 0 Å². The Morgan fingerprint density at radius 1 is 0.735 bits per heavy atom. The number of carbonyl (C=O) groups excluding carboxylic acids is 2. The molecular weight excluding hydrogens is 443 g/mol. The topological polar surface area (TPSA) is 66.5 Å². The molecule has 0 unspecified atom stereocenters. The summed E-state index contributed by atoms with van der Waals surface area (Å²) in [5, 5.41) is 4.68. The van der Waals surface area contributed by atoms with Crippen LogP contribution in [0.1, 0.15) is 5.56 Å². The molecule has 4 aromatic rings. The van der Waals surface area contributed by atoms with E-state index in [1.54, 1.807) is 24.3 Å². The Balaban J connectivity index is 1.69. The maximum Gasteiger partial charge on any atom is 0.240 e. The molecule has 0 spiro atoms. The first kappa shape index (κ1) is 23.2. The van der Waals surface area contributed by atoms with Crippen LogP contribution in [0.15, 0.2) is 115 Å². The second kappa shape index (κ2) is 10.8. The van der Waals surface area contributed by atoms with E-state index in [1.807, 2.05) is 91.0 Å². The molecule has 2 amide bonds. The van der Waals surface area contributed by atoms with Crippen molar-refractivity contribution >= 4 is 41.1 Å². The number of anilines is 1. The summed E-state index contributed by atoms with van der Waals surface area (Å²) in [6.45, 7) is 0.178. The first-order chi connectivity index (χ1) is 16.6. The molecule has 170 valence electrons. The lowest BCUT2D eigenvalue weighted by Gasteiger charge is -2.26. The van der Waals surface area contributed by atoms with Gasteiger partial charge in [-0.3, -0.25) is 9.59 Å². The zero-order chi connectivity index (χ0) is 23.8. The molecule has 4 aromatic carbocycles. The zero-order valence-electron chi connectivity index (χ0n) is 18.6. The summed E-state index contributed by atoms with van der Waals surface area (Å²) in [4.78, 5) is 26.1. The first-order valence-electron chi connectivity index (χ1n) is 11.0. The number of amides is 2. The van der Waals surface area contributed by atoms with Crippen molar-refractivity contribution in [1.82, 2.24) is 5.32 Å². The molecule has 0 aliphatic carbocycles. The fourth-order valence-electron chi connectivity index (χ4n) is 3.86. The molecule has 1 N–H and O–H groups in total.